The lowest BCUT2D eigenvalue weighted by Crippen LogP contribution is -2.31. The first-order chi connectivity index (χ1) is 17.1. The molecule has 5 heterocycles. The van der Waals surface area contributed by atoms with Crippen LogP contribution in [0.4, 0.5) is 15.0 Å². The molecule has 1 atom stereocenters. The van der Waals surface area contributed by atoms with Crippen LogP contribution in [0.1, 0.15) is 41.6 Å². The summed E-state index contributed by atoms with van der Waals surface area (Å²) in [6.07, 6.45) is 5.84. The molecule has 10 nitrogen and oxygen atoms in total. The third-order valence-corrected chi connectivity index (χ3v) is 6.79. The van der Waals surface area contributed by atoms with Crippen LogP contribution in [0.2, 0.25) is 0 Å². The summed E-state index contributed by atoms with van der Waals surface area (Å²) >= 11 is 0. The molecule has 1 aromatic carbocycles. The Morgan fingerprint density at radius 1 is 1.09 bits per heavy atom. The molecule has 1 N–H and O–H groups in total. The van der Waals surface area contributed by atoms with E-state index in [1.807, 2.05) is 0 Å². The predicted octanol–water partition coefficient (Wildman–Crippen LogP) is 3.76. The average molecular weight is 474 g/mol. The second-order valence-electron chi connectivity index (χ2n) is 9.00. The molecule has 0 spiro atoms. The zero-order valence-electron chi connectivity index (χ0n) is 18.4. The van der Waals surface area contributed by atoms with Gasteiger partial charge in [-0.2, -0.15) is 0 Å². The predicted molar refractivity (Wildman–Crippen MR) is 120 cm³/mol. The first kappa shape index (κ1) is 20.1. The number of fused-ring (bicyclic) bond motifs is 3. The number of benzene rings is 1. The third kappa shape index (κ3) is 3.11. The summed E-state index contributed by atoms with van der Waals surface area (Å²) in [4.78, 5) is 22.5. The zero-order chi connectivity index (χ0) is 23.7. The number of pyridine rings is 1. The van der Waals surface area contributed by atoms with Crippen molar-refractivity contribution < 1.29 is 23.8 Å². The van der Waals surface area contributed by atoms with Crippen molar-refractivity contribution in [3.8, 4) is 22.6 Å². The number of carbonyl (C=O) groups is 1. The molecule has 7 rings (SSSR count). The van der Waals surface area contributed by atoms with Crippen LogP contribution in [-0.4, -0.2) is 49.0 Å². The summed E-state index contributed by atoms with van der Waals surface area (Å²) in [6, 6.07) is 4.61. The van der Waals surface area contributed by atoms with Gasteiger partial charge >= 0.3 is 6.09 Å². The monoisotopic (exact) mass is 474 g/mol. The van der Waals surface area contributed by atoms with Crippen LogP contribution < -0.4 is 14.4 Å². The minimum Gasteiger partial charge on any atom is -0.493 e. The Labute approximate surface area is 198 Å². The van der Waals surface area contributed by atoms with Crippen molar-refractivity contribution in [1.82, 2.24) is 24.6 Å². The van der Waals surface area contributed by atoms with E-state index < -0.39 is 11.9 Å². The standard InChI is InChI=1S/C24H19FN6O4/c25-17-3-4-18-20-14(9-34-18)10-35-19-5-15(13-6-26-21(27-7-13)12-1-2-12)22-29-28-11-31(22)23(19)30(24(32)33)8-16(17)20/h3-7,11-12,14H,1-2,8-10H2,(H,32,33)/t14-/m0/s1. The lowest BCUT2D eigenvalue weighted by molar-refractivity contribution is 0.200. The van der Waals surface area contributed by atoms with Crippen LogP contribution in [0.25, 0.3) is 16.8 Å². The molecule has 0 unspecified atom stereocenters. The average Bonchev–Trinajstić information content (AvgIpc) is 3.43. The van der Waals surface area contributed by atoms with E-state index in [9.17, 15) is 14.3 Å². The molecule has 1 fully saturated rings. The molecule has 1 amide bonds. The van der Waals surface area contributed by atoms with Gasteiger partial charge in [0.1, 0.15) is 23.7 Å². The molecule has 4 aromatic rings. The van der Waals surface area contributed by atoms with Gasteiger partial charge < -0.3 is 14.6 Å². The summed E-state index contributed by atoms with van der Waals surface area (Å²) in [5, 5.41) is 18.4. The van der Waals surface area contributed by atoms with Gasteiger partial charge in [-0.25, -0.2) is 19.2 Å². The van der Waals surface area contributed by atoms with Crippen LogP contribution in [0.15, 0.2) is 36.9 Å². The second kappa shape index (κ2) is 7.36. The van der Waals surface area contributed by atoms with Crippen molar-refractivity contribution in [3.63, 3.8) is 0 Å². The van der Waals surface area contributed by atoms with Gasteiger partial charge in [0.25, 0.3) is 0 Å². The van der Waals surface area contributed by atoms with Gasteiger partial charge in [-0.1, -0.05) is 0 Å². The molecule has 3 aliphatic rings. The van der Waals surface area contributed by atoms with Crippen LogP contribution in [0.3, 0.4) is 0 Å². The lowest BCUT2D eigenvalue weighted by atomic mass is 9.95. The number of amides is 1. The molecule has 11 heteroatoms. The number of halogens is 1. The first-order valence-corrected chi connectivity index (χ1v) is 11.3. The van der Waals surface area contributed by atoms with E-state index in [4.69, 9.17) is 9.47 Å². The molecular formula is C24H19FN6O4. The maximum Gasteiger partial charge on any atom is 0.413 e. The van der Waals surface area contributed by atoms with Gasteiger partial charge in [-0.05, 0) is 31.0 Å². The summed E-state index contributed by atoms with van der Waals surface area (Å²) < 4.78 is 28.5. The molecule has 176 valence electrons. The van der Waals surface area contributed by atoms with Crippen molar-refractivity contribution >= 4 is 17.6 Å². The maximum atomic E-state index is 15.0. The summed E-state index contributed by atoms with van der Waals surface area (Å²) in [6.45, 7) is 0.298. The number of nitrogens with zero attached hydrogens (tertiary/aromatic N) is 6. The van der Waals surface area contributed by atoms with Gasteiger partial charge in [-0.15, -0.1) is 10.2 Å². The number of hydrogen-bond donors (Lipinski definition) is 1. The van der Waals surface area contributed by atoms with E-state index in [1.165, 1.54) is 12.4 Å². The number of carboxylic acid groups (broad SMARTS) is 1. The fourth-order valence-electron chi connectivity index (χ4n) is 4.90. The SMILES string of the molecule is O=C(O)N1Cc2c(F)ccc3c2[C@@H](CO3)COc2cc(-c3cnc(C4CC4)nc3)c3nncn3c21. The van der Waals surface area contributed by atoms with Crippen molar-refractivity contribution in [2.75, 3.05) is 18.1 Å². The molecule has 0 bridgehead atoms. The summed E-state index contributed by atoms with van der Waals surface area (Å²) in [5.41, 5.74) is 2.70. The normalized spacial score (nSPS) is 18.7. The summed E-state index contributed by atoms with van der Waals surface area (Å²) in [7, 11) is 0. The molecule has 2 aliphatic heterocycles. The Kier molecular flexibility index (Phi) is 4.23. The maximum absolute atomic E-state index is 15.0. The minimum absolute atomic E-state index is 0.189. The fraction of sp³-hybridized carbons (Fsp3) is 0.292. The Hall–Kier alpha value is -4.28. The molecule has 3 aromatic heterocycles. The molecule has 1 saturated carbocycles. The number of aromatic nitrogens is 5. The van der Waals surface area contributed by atoms with Crippen molar-refractivity contribution in [3.05, 3.63) is 59.7 Å². The third-order valence-electron chi connectivity index (χ3n) is 6.79. The van der Waals surface area contributed by atoms with Crippen LogP contribution in [0, 0.1) is 5.82 Å². The smallest absolute Gasteiger partial charge is 0.413 e. The minimum atomic E-state index is -1.26. The highest BCUT2D eigenvalue weighted by Gasteiger charge is 2.35. The largest absolute Gasteiger partial charge is 0.493 e. The Balaban J connectivity index is 1.42. The topological polar surface area (TPSA) is 115 Å². The van der Waals surface area contributed by atoms with E-state index >= 15 is 0 Å². The van der Waals surface area contributed by atoms with Crippen LogP contribution in [-0.2, 0) is 6.54 Å². The van der Waals surface area contributed by atoms with E-state index in [-0.39, 0.29) is 30.5 Å². The highest BCUT2D eigenvalue weighted by atomic mass is 19.1. The highest BCUT2D eigenvalue weighted by molar-refractivity contribution is 5.90. The van der Waals surface area contributed by atoms with E-state index in [2.05, 4.69) is 20.2 Å². The van der Waals surface area contributed by atoms with E-state index in [0.717, 1.165) is 23.6 Å². The number of hydrogen-bond acceptors (Lipinski definition) is 7. The van der Waals surface area contributed by atoms with Gasteiger partial charge in [-0.3, -0.25) is 9.30 Å². The first-order valence-electron chi connectivity index (χ1n) is 11.3. The highest BCUT2D eigenvalue weighted by Crippen LogP contribution is 2.44. The van der Waals surface area contributed by atoms with Crippen LogP contribution in [0.5, 0.6) is 11.5 Å². The summed E-state index contributed by atoms with van der Waals surface area (Å²) in [5.74, 6) is 1.58. The van der Waals surface area contributed by atoms with Crippen molar-refractivity contribution in [1.29, 1.82) is 0 Å². The fourth-order valence-corrected chi connectivity index (χ4v) is 4.90. The molecule has 1 aliphatic carbocycles. The number of anilines is 1. The van der Waals surface area contributed by atoms with Gasteiger partial charge in [0.05, 0.1) is 25.7 Å². The van der Waals surface area contributed by atoms with Gasteiger partial charge in [0, 0.05) is 40.6 Å². The van der Waals surface area contributed by atoms with E-state index in [1.54, 1.807) is 28.9 Å². The molecular weight excluding hydrogens is 455 g/mol. The van der Waals surface area contributed by atoms with Crippen molar-refractivity contribution in [2.45, 2.75) is 31.2 Å². The Morgan fingerprint density at radius 2 is 1.86 bits per heavy atom. The zero-order valence-corrected chi connectivity index (χ0v) is 18.4. The number of rotatable bonds is 2. The number of ether oxygens (including phenoxy) is 2. The second-order valence-corrected chi connectivity index (χ2v) is 9.00. The molecule has 0 radical (unpaired) electrons. The van der Waals surface area contributed by atoms with Crippen LogP contribution >= 0.6 is 0 Å². The lowest BCUT2D eigenvalue weighted by Gasteiger charge is -2.23. The molecule has 35 heavy (non-hydrogen) atoms. The Bertz CT molecular complexity index is 1500. The van der Waals surface area contributed by atoms with Crippen molar-refractivity contribution in [2.24, 2.45) is 0 Å². The van der Waals surface area contributed by atoms with Gasteiger partial charge in [0.15, 0.2) is 17.2 Å². The van der Waals surface area contributed by atoms with Gasteiger partial charge in [0.2, 0.25) is 0 Å². The Morgan fingerprint density at radius 3 is 2.60 bits per heavy atom. The molecule has 0 saturated heterocycles. The quantitative estimate of drug-likeness (QED) is 0.467. The van der Waals surface area contributed by atoms with E-state index in [0.29, 0.717) is 46.4 Å².